The number of anilines is 2. The van der Waals surface area contributed by atoms with E-state index in [1.807, 2.05) is 7.05 Å². The Balaban J connectivity index is 2.24. The fraction of sp³-hybridized carbons (Fsp3) is 0.733. The molecule has 19 heavy (non-hydrogen) atoms. The van der Waals surface area contributed by atoms with Gasteiger partial charge in [0.25, 0.3) is 0 Å². The Morgan fingerprint density at radius 2 is 2.05 bits per heavy atom. The van der Waals surface area contributed by atoms with Crippen molar-refractivity contribution in [2.45, 2.75) is 58.9 Å². The zero-order chi connectivity index (χ0) is 13.9. The molecule has 1 unspecified atom stereocenters. The third-order valence-electron chi connectivity index (χ3n) is 4.25. The second-order valence-electron chi connectivity index (χ2n) is 6.13. The summed E-state index contributed by atoms with van der Waals surface area (Å²) in [6, 6.07) is 0.516. The molecule has 1 aliphatic carbocycles. The summed E-state index contributed by atoms with van der Waals surface area (Å²) in [6.07, 6.45) is 7.58. The van der Waals surface area contributed by atoms with Gasteiger partial charge in [-0.25, -0.2) is 9.97 Å². The van der Waals surface area contributed by atoms with Crippen molar-refractivity contribution in [3.05, 3.63) is 11.9 Å². The van der Waals surface area contributed by atoms with Crippen LogP contribution in [0.5, 0.6) is 0 Å². The lowest BCUT2D eigenvalue weighted by Crippen LogP contribution is -2.31. The molecule has 1 aromatic heterocycles. The molecule has 4 nitrogen and oxygen atoms in total. The van der Waals surface area contributed by atoms with Gasteiger partial charge in [-0.15, -0.1) is 0 Å². The van der Waals surface area contributed by atoms with Crippen LogP contribution in [0.1, 0.15) is 52.0 Å². The van der Waals surface area contributed by atoms with Crippen molar-refractivity contribution in [3.63, 3.8) is 0 Å². The van der Waals surface area contributed by atoms with Crippen LogP contribution in [0.2, 0.25) is 0 Å². The quantitative estimate of drug-likeness (QED) is 0.853. The minimum atomic E-state index is 0.355. The lowest BCUT2D eigenvalue weighted by Gasteiger charge is -2.29. The van der Waals surface area contributed by atoms with Gasteiger partial charge >= 0.3 is 0 Å². The second kappa shape index (κ2) is 5.76. The maximum absolute atomic E-state index is 4.47. The maximum Gasteiger partial charge on any atom is 0.134 e. The van der Waals surface area contributed by atoms with Gasteiger partial charge in [0.15, 0.2) is 0 Å². The molecule has 2 rings (SSSR count). The first-order chi connectivity index (χ1) is 9.08. The number of aromatic nitrogens is 2. The Morgan fingerprint density at radius 3 is 2.63 bits per heavy atom. The highest BCUT2D eigenvalue weighted by atomic mass is 15.1. The van der Waals surface area contributed by atoms with E-state index in [9.17, 15) is 0 Å². The first-order valence-corrected chi connectivity index (χ1v) is 7.36. The zero-order valence-corrected chi connectivity index (χ0v) is 12.6. The van der Waals surface area contributed by atoms with Gasteiger partial charge in [0.1, 0.15) is 18.0 Å². The highest BCUT2D eigenvalue weighted by Crippen LogP contribution is 2.39. The molecule has 0 aliphatic heterocycles. The van der Waals surface area contributed by atoms with Gasteiger partial charge in [-0.3, -0.25) is 0 Å². The predicted octanol–water partition coefficient (Wildman–Crippen LogP) is 3.46. The Labute approximate surface area is 116 Å². The number of hydrogen-bond acceptors (Lipinski definition) is 4. The van der Waals surface area contributed by atoms with Crippen LogP contribution in [0.3, 0.4) is 0 Å². The van der Waals surface area contributed by atoms with E-state index < -0.39 is 0 Å². The van der Waals surface area contributed by atoms with E-state index in [-0.39, 0.29) is 0 Å². The van der Waals surface area contributed by atoms with Crippen LogP contribution in [0.15, 0.2) is 6.33 Å². The third-order valence-corrected chi connectivity index (χ3v) is 4.25. The van der Waals surface area contributed by atoms with E-state index in [0.717, 1.165) is 24.5 Å². The molecular formula is C15H26N4. The summed E-state index contributed by atoms with van der Waals surface area (Å²) in [4.78, 5) is 8.80. The molecule has 0 spiro atoms. The smallest absolute Gasteiger partial charge is 0.134 e. The summed E-state index contributed by atoms with van der Waals surface area (Å²) < 4.78 is 0. The Bertz CT molecular complexity index is 428. The highest BCUT2D eigenvalue weighted by Gasteiger charge is 2.35. The van der Waals surface area contributed by atoms with Gasteiger partial charge in [0.2, 0.25) is 0 Å². The van der Waals surface area contributed by atoms with Crippen LogP contribution in [-0.4, -0.2) is 23.1 Å². The van der Waals surface area contributed by atoms with Gasteiger partial charge in [-0.2, -0.15) is 0 Å². The summed E-state index contributed by atoms with van der Waals surface area (Å²) in [5, 5.41) is 6.84. The van der Waals surface area contributed by atoms with Gasteiger partial charge in [0, 0.05) is 18.7 Å². The molecule has 0 amide bonds. The largest absolute Gasteiger partial charge is 0.373 e. The molecular weight excluding hydrogens is 236 g/mol. The first kappa shape index (κ1) is 14.1. The molecule has 1 fully saturated rings. The van der Waals surface area contributed by atoms with Gasteiger partial charge in [-0.1, -0.05) is 33.6 Å². The number of rotatable bonds is 5. The molecule has 1 heterocycles. The van der Waals surface area contributed by atoms with E-state index in [1.54, 1.807) is 6.33 Å². The molecule has 0 bridgehead atoms. The summed E-state index contributed by atoms with van der Waals surface area (Å²) in [7, 11) is 1.92. The lowest BCUT2D eigenvalue weighted by molar-refractivity contribution is 0.349. The molecule has 0 aromatic carbocycles. The standard InChI is InChI=1S/C15H26N4/c1-5-7-11-13(16-4)17-10-18-14(11)19-12-8-6-9-15(12,2)3/h10,12H,5-9H2,1-4H3,(H2,16,17,18,19). The number of hydrogen-bond donors (Lipinski definition) is 2. The number of nitrogens with one attached hydrogen (secondary N) is 2. The maximum atomic E-state index is 4.47. The van der Waals surface area contributed by atoms with Gasteiger partial charge < -0.3 is 10.6 Å². The Hall–Kier alpha value is -1.32. The fourth-order valence-corrected chi connectivity index (χ4v) is 3.00. The zero-order valence-electron chi connectivity index (χ0n) is 12.6. The SMILES string of the molecule is CCCc1c(NC)ncnc1NC1CCCC1(C)C. The molecule has 1 atom stereocenters. The highest BCUT2D eigenvalue weighted by molar-refractivity contribution is 5.57. The molecule has 4 heteroatoms. The van der Waals surface area contributed by atoms with Crippen molar-refractivity contribution in [1.82, 2.24) is 9.97 Å². The van der Waals surface area contributed by atoms with Gasteiger partial charge in [0.05, 0.1) is 0 Å². The van der Waals surface area contributed by atoms with Crippen molar-refractivity contribution in [3.8, 4) is 0 Å². The Kier molecular flexibility index (Phi) is 4.27. The molecule has 106 valence electrons. The van der Waals surface area contributed by atoms with Crippen LogP contribution < -0.4 is 10.6 Å². The predicted molar refractivity (Wildman–Crippen MR) is 80.6 cm³/mol. The molecule has 2 N–H and O–H groups in total. The molecule has 1 aromatic rings. The topological polar surface area (TPSA) is 49.8 Å². The molecule has 0 saturated heterocycles. The normalized spacial score (nSPS) is 21.4. The second-order valence-corrected chi connectivity index (χ2v) is 6.13. The Morgan fingerprint density at radius 1 is 1.32 bits per heavy atom. The van der Waals surface area contributed by atoms with Gasteiger partial charge in [-0.05, 0) is 24.7 Å². The van der Waals surface area contributed by atoms with Crippen molar-refractivity contribution >= 4 is 11.6 Å². The average Bonchev–Trinajstić information content (AvgIpc) is 2.71. The van der Waals surface area contributed by atoms with Crippen LogP contribution >= 0.6 is 0 Å². The van der Waals surface area contributed by atoms with E-state index in [1.165, 1.54) is 24.8 Å². The summed E-state index contributed by atoms with van der Waals surface area (Å²) in [5.41, 5.74) is 1.57. The van der Waals surface area contributed by atoms with Crippen molar-refractivity contribution in [1.29, 1.82) is 0 Å². The first-order valence-electron chi connectivity index (χ1n) is 7.36. The molecule has 1 saturated carbocycles. The van der Waals surface area contributed by atoms with Crippen LogP contribution in [0.25, 0.3) is 0 Å². The van der Waals surface area contributed by atoms with E-state index in [0.29, 0.717) is 11.5 Å². The van der Waals surface area contributed by atoms with E-state index in [2.05, 4.69) is 41.4 Å². The van der Waals surface area contributed by atoms with Crippen molar-refractivity contribution in [2.75, 3.05) is 17.7 Å². The minimum absolute atomic E-state index is 0.355. The van der Waals surface area contributed by atoms with Crippen LogP contribution in [0, 0.1) is 5.41 Å². The van der Waals surface area contributed by atoms with Crippen molar-refractivity contribution < 1.29 is 0 Å². The van der Waals surface area contributed by atoms with E-state index in [4.69, 9.17) is 0 Å². The van der Waals surface area contributed by atoms with Crippen molar-refractivity contribution in [2.24, 2.45) is 5.41 Å². The third kappa shape index (κ3) is 2.99. The average molecular weight is 262 g/mol. The summed E-state index contributed by atoms with van der Waals surface area (Å²) >= 11 is 0. The summed E-state index contributed by atoms with van der Waals surface area (Å²) in [6.45, 7) is 6.88. The molecule has 1 aliphatic rings. The minimum Gasteiger partial charge on any atom is -0.373 e. The monoisotopic (exact) mass is 262 g/mol. The number of nitrogens with zero attached hydrogens (tertiary/aromatic N) is 2. The molecule has 0 radical (unpaired) electrons. The summed E-state index contributed by atoms with van der Waals surface area (Å²) in [5.74, 6) is 1.97. The van der Waals surface area contributed by atoms with Crippen LogP contribution in [-0.2, 0) is 6.42 Å². The fourth-order valence-electron chi connectivity index (χ4n) is 3.00. The lowest BCUT2D eigenvalue weighted by atomic mass is 9.87. The van der Waals surface area contributed by atoms with Crippen LogP contribution in [0.4, 0.5) is 11.6 Å². The van der Waals surface area contributed by atoms with E-state index >= 15 is 0 Å².